The quantitative estimate of drug-likeness (QED) is 0.894. The fraction of sp³-hybridized carbons (Fsp3) is 0.455. The second-order valence-electron chi connectivity index (χ2n) is 4.13. The minimum Gasteiger partial charge on any atom is -0.369 e. The Bertz CT molecular complexity index is 422. The van der Waals surface area contributed by atoms with Crippen LogP contribution in [-0.4, -0.2) is 24.0 Å². The van der Waals surface area contributed by atoms with Crippen LogP contribution in [0.25, 0.3) is 0 Å². The summed E-state index contributed by atoms with van der Waals surface area (Å²) in [5.74, 6) is 0.673. The van der Waals surface area contributed by atoms with Gasteiger partial charge in [0.2, 0.25) is 5.91 Å². The van der Waals surface area contributed by atoms with Gasteiger partial charge in [0, 0.05) is 23.8 Å². The van der Waals surface area contributed by atoms with Crippen LogP contribution in [0.2, 0.25) is 0 Å². The fourth-order valence-corrected chi connectivity index (χ4v) is 2.11. The Kier molecular flexibility index (Phi) is 3.14. The van der Waals surface area contributed by atoms with E-state index in [-0.39, 0.29) is 11.8 Å². The van der Waals surface area contributed by atoms with Crippen molar-refractivity contribution in [1.82, 2.24) is 4.98 Å². The van der Waals surface area contributed by atoms with E-state index in [1.807, 2.05) is 13.0 Å². The number of carbonyl (C=O) groups is 1. The number of aromatic nitrogens is 1. The molecule has 86 valence electrons. The lowest BCUT2D eigenvalue weighted by atomic mass is 10.1. The van der Waals surface area contributed by atoms with Crippen LogP contribution in [0.4, 0.5) is 5.82 Å². The third-order valence-corrected chi connectivity index (χ3v) is 3.78. The Morgan fingerprint density at radius 3 is 3.00 bits per heavy atom. The molecule has 2 heterocycles. The standard InChI is InChI=1S/C11H14BrN3O/c1-7-4-10(14-5-9(7)12)15-3-2-8(6-15)11(13)16/h4-5,8H,2-3,6H2,1H3,(H2,13,16). The number of hydrogen-bond acceptors (Lipinski definition) is 3. The second kappa shape index (κ2) is 4.41. The molecule has 0 radical (unpaired) electrons. The molecule has 0 bridgehead atoms. The van der Waals surface area contributed by atoms with Crippen molar-refractivity contribution in [3.05, 3.63) is 22.3 Å². The third kappa shape index (κ3) is 2.19. The lowest BCUT2D eigenvalue weighted by Crippen LogP contribution is -2.27. The van der Waals surface area contributed by atoms with E-state index >= 15 is 0 Å². The first-order chi connectivity index (χ1) is 7.58. The molecule has 2 N–H and O–H groups in total. The normalized spacial score (nSPS) is 20.1. The molecule has 1 amide bonds. The maximum absolute atomic E-state index is 11.1. The highest BCUT2D eigenvalue weighted by molar-refractivity contribution is 9.10. The molecule has 0 aliphatic carbocycles. The van der Waals surface area contributed by atoms with Crippen LogP contribution in [0.15, 0.2) is 16.7 Å². The number of anilines is 1. The zero-order valence-electron chi connectivity index (χ0n) is 9.11. The van der Waals surface area contributed by atoms with Gasteiger partial charge in [0.25, 0.3) is 0 Å². The molecular formula is C11H14BrN3O. The van der Waals surface area contributed by atoms with Gasteiger partial charge in [0.1, 0.15) is 5.82 Å². The minimum atomic E-state index is -0.212. The van der Waals surface area contributed by atoms with Gasteiger partial charge < -0.3 is 10.6 Å². The maximum atomic E-state index is 11.1. The number of rotatable bonds is 2. The number of hydrogen-bond donors (Lipinski definition) is 1. The van der Waals surface area contributed by atoms with E-state index in [2.05, 4.69) is 25.8 Å². The number of halogens is 1. The summed E-state index contributed by atoms with van der Waals surface area (Å²) in [5, 5.41) is 0. The maximum Gasteiger partial charge on any atom is 0.222 e. The van der Waals surface area contributed by atoms with Crippen LogP contribution in [0.5, 0.6) is 0 Å². The second-order valence-corrected chi connectivity index (χ2v) is 4.98. The Labute approximate surface area is 103 Å². The van der Waals surface area contributed by atoms with E-state index in [4.69, 9.17) is 5.73 Å². The highest BCUT2D eigenvalue weighted by atomic mass is 79.9. The Hall–Kier alpha value is -1.10. The van der Waals surface area contributed by atoms with Gasteiger partial charge >= 0.3 is 0 Å². The number of nitrogens with two attached hydrogens (primary N) is 1. The van der Waals surface area contributed by atoms with Crippen molar-refractivity contribution in [3.8, 4) is 0 Å². The number of aryl methyl sites for hydroxylation is 1. The zero-order chi connectivity index (χ0) is 11.7. The van der Waals surface area contributed by atoms with E-state index in [0.29, 0.717) is 6.54 Å². The van der Waals surface area contributed by atoms with Gasteiger partial charge in [-0.2, -0.15) is 0 Å². The number of carbonyl (C=O) groups excluding carboxylic acids is 1. The highest BCUT2D eigenvalue weighted by Gasteiger charge is 2.27. The van der Waals surface area contributed by atoms with Crippen LogP contribution in [-0.2, 0) is 4.79 Å². The van der Waals surface area contributed by atoms with Crippen molar-refractivity contribution in [3.63, 3.8) is 0 Å². The van der Waals surface area contributed by atoms with Gasteiger partial charge in [-0.1, -0.05) is 0 Å². The SMILES string of the molecule is Cc1cc(N2CCC(C(N)=O)C2)ncc1Br. The van der Waals surface area contributed by atoms with Gasteiger partial charge in [-0.25, -0.2) is 4.98 Å². The molecular weight excluding hydrogens is 270 g/mol. The average molecular weight is 284 g/mol. The summed E-state index contributed by atoms with van der Waals surface area (Å²) < 4.78 is 1.00. The minimum absolute atomic E-state index is 0.0363. The lowest BCUT2D eigenvalue weighted by molar-refractivity contribution is -0.121. The van der Waals surface area contributed by atoms with Crippen LogP contribution in [0.3, 0.4) is 0 Å². The van der Waals surface area contributed by atoms with E-state index in [0.717, 1.165) is 28.8 Å². The number of primary amides is 1. The van der Waals surface area contributed by atoms with Crippen LogP contribution in [0.1, 0.15) is 12.0 Å². The van der Waals surface area contributed by atoms with Crippen molar-refractivity contribution in [2.75, 3.05) is 18.0 Å². The topological polar surface area (TPSA) is 59.2 Å². The molecule has 1 saturated heterocycles. The number of pyridine rings is 1. The van der Waals surface area contributed by atoms with Crippen molar-refractivity contribution < 1.29 is 4.79 Å². The summed E-state index contributed by atoms with van der Waals surface area (Å²) in [6, 6.07) is 2.02. The van der Waals surface area contributed by atoms with Gasteiger partial charge in [0.15, 0.2) is 0 Å². The summed E-state index contributed by atoms with van der Waals surface area (Å²) in [5.41, 5.74) is 6.44. The molecule has 1 aliphatic rings. The van der Waals surface area contributed by atoms with E-state index in [9.17, 15) is 4.79 Å². The van der Waals surface area contributed by atoms with Crippen molar-refractivity contribution in [2.45, 2.75) is 13.3 Å². The molecule has 2 rings (SSSR count). The molecule has 1 aromatic heterocycles. The molecule has 16 heavy (non-hydrogen) atoms. The molecule has 1 unspecified atom stereocenters. The fourth-order valence-electron chi connectivity index (χ4n) is 1.90. The van der Waals surface area contributed by atoms with Crippen molar-refractivity contribution in [1.29, 1.82) is 0 Å². The Morgan fingerprint density at radius 1 is 1.69 bits per heavy atom. The predicted octanol–water partition coefficient (Wildman–Crippen LogP) is 1.46. The van der Waals surface area contributed by atoms with E-state index in [1.54, 1.807) is 6.20 Å². The van der Waals surface area contributed by atoms with E-state index in [1.165, 1.54) is 0 Å². The van der Waals surface area contributed by atoms with Gasteiger partial charge in [0.05, 0.1) is 5.92 Å². The van der Waals surface area contributed by atoms with E-state index < -0.39 is 0 Å². The molecule has 1 aromatic rings. The van der Waals surface area contributed by atoms with Gasteiger partial charge in [-0.05, 0) is 40.9 Å². The molecule has 1 atom stereocenters. The number of amides is 1. The lowest BCUT2D eigenvalue weighted by Gasteiger charge is -2.17. The van der Waals surface area contributed by atoms with Crippen LogP contribution in [0, 0.1) is 12.8 Å². The van der Waals surface area contributed by atoms with Crippen molar-refractivity contribution in [2.24, 2.45) is 11.7 Å². The smallest absolute Gasteiger partial charge is 0.222 e. The Morgan fingerprint density at radius 2 is 2.44 bits per heavy atom. The molecule has 1 fully saturated rings. The molecule has 0 spiro atoms. The average Bonchev–Trinajstić information content (AvgIpc) is 2.71. The first-order valence-electron chi connectivity index (χ1n) is 5.24. The first kappa shape index (κ1) is 11.4. The third-order valence-electron chi connectivity index (χ3n) is 2.95. The molecule has 0 saturated carbocycles. The number of nitrogens with zero attached hydrogens (tertiary/aromatic N) is 2. The van der Waals surface area contributed by atoms with Crippen molar-refractivity contribution >= 4 is 27.7 Å². The van der Waals surface area contributed by atoms with Gasteiger partial charge in [-0.15, -0.1) is 0 Å². The van der Waals surface area contributed by atoms with Crippen LogP contribution >= 0.6 is 15.9 Å². The molecule has 4 nitrogen and oxygen atoms in total. The summed E-state index contributed by atoms with van der Waals surface area (Å²) in [4.78, 5) is 17.5. The molecule has 5 heteroatoms. The molecule has 0 aromatic carbocycles. The predicted molar refractivity (Wildman–Crippen MR) is 66.2 cm³/mol. The largest absolute Gasteiger partial charge is 0.369 e. The summed E-state index contributed by atoms with van der Waals surface area (Å²) in [6.45, 7) is 3.56. The zero-order valence-corrected chi connectivity index (χ0v) is 10.7. The molecule has 1 aliphatic heterocycles. The Balaban J connectivity index is 2.14. The van der Waals surface area contributed by atoms with Crippen LogP contribution < -0.4 is 10.6 Å². The summed E-state index contributed by atoms with van der Waals surface area (Å²) in [6.07, 6.45) is 2.62. The highest BCUT2D eigenvalue weighted by Crippen LogP contribution is 2.25. The summed E-state index contributed by atoms with van der Waals surface area (Å²) in [7, 11) is 0. The summed E-state index contributed by atoms with van der Waals surface area (Å²) >= 11 is 3.42. The monoisotopic (exact) mass is 283 g/mol. The van der Waals surface area contributed by atoms with Gasteiger partial charge in [-0.3, -0.25) is 4.79 Å². The first-order valence-corrected chi connectivity index (χ1v) is 6.03.